The molecule has 5 nitrogen and oxygen atoms in total. The summed E-state index contributed by atoms with van der Waals surface area (Å²) in [6.07, 6.45) is 3.65. The molecule has 0 saturated carbocycles. The van der Waals surface area contributed by atoms with Gasteiger partial charge in [0.15, 0.2) is 0 Å². The molecule has 0 fully saturated rings. The predicted molar refractivity (Wildman–Crippen MR) is 93.9 cm³/mol. The van der Waals surface area contributed by atoms with E-state index in [0.717, 1.165) is 39.0 Å². The summed E-state index contributed by atoms with van der Waals surface area (Å²) < 4.78 is 6.90. The molecular weight excluding hydrogens is 302 g/mol. The minimum atomic E-state index is -0.0177. The number of aryl methyl sites for hydroxylation is 3. The average Bonchev–Trinajstić information content (AvgIpc) is 3.16. The second-order valence-corrected chi connectivity index (χ2v) is 6.00. The molecule has 0 unspecified atom stereocenters. The highest BCUT2D eigenvalue weighted by atomic mass is 16.5. The van der Waals surface area contributed by atoms with Crippen molar-refractivity contribution < 1.29 is 4.52 Å². The van der Waals surface area contributed by atoms with E-state index in [-0.39, 0.29) is 5.56 Å². The minimum absolute atomic E-state index is 0.0177. The average molecular weight is 319 g/mol. The first-order valence-electron chi connectivity index (χ1n) is 7.76. The largest absolute Gasteiger partial charge is 0.361 e. The van der Waals surface area contributed by atoms with E-state index < -0.39 is 0 Å². The van der Waals surface area contributed by atoms with Gasteiger partial charge in [-0.1, -0.05) is 5.16 Å². The molecule has 0 aliphatic rings. The highest BCUT2D eigenvalue weighted by Crippen LogP contribution is 2.35. The maximum atomic E-state index is 12.6. The van der Waals surface area contributed by atoms with Crippen LogP contribution in [0.15, 0.2) is 52.0 Å². The Morgan fingerprint density at radius 2 is 2.00 bits per heavy atom. The Hall–Kier alpha value is -3.08. The molecule has 0 atom stereocenters. The lowest BCUT2D eigenvalue weighted by atomic mass is 9.96. The van der Waals surface area contributed by atoms with Crippen molar-refractivity contribution in [2.45, 2.75) is 13.8 Å². The molecule has 24 heavy (non-hydrogen) atoms. The third-order valence-electron chi connectivity index (χ3n) is 4.40. The van der Waals surface area contributed by atoms with Crippen molar-refractivity contribution >= 4 is 10.9 Å². The molecule has 5 heteroatoms. The Morgan fingerprint density at radius 3 is 2.75 bits per heavy atom. The Labute approximate surface area is 138 Å². The van der Waals surface area contributed by atoms with Gasteiger partial charge >= 0.3 is 0 Å². The van der Waals surface area contributed by atoms with Crippen LogP contribution in [-0.4, -0.2) is 14.7 Å². The van der Waals surface area contributed by atoms with Gasteiger partial charge in [0, 0.05) is 41.5 Å². The maximum Gasteiger partial charge on any atom is 0.258 e. The van der Waals surface area contributed by atoms with Gasteiger partial charge in [0.1, 0.15) is 5.76 Å². The van der Waals surface area contributed by atoms with Crippen molar-refractivity contribution in [3.05, 3.63) is 64.5 Å². The van der Waals surface area contributed by atoms with Crippen molar-refractivity contribution in [1.29, 1.82) is 0 Å². The van der Waals surface area contributed by atoms with Gasteiger partial charge in [-0.15, -0.1) is 0 Å². The second kappa shape index (κ2) is 5.23. The molecular formula is C19H17N3O2. The lowest BCUT2D eigenvalue weighted by Crippen LogP contribution is -2.17. The molecule has 1 N–H and O–H groups in total. The molecule has 0 saturated heterocycles. The van der Waals surface area contributed by atoms with E-state index in [1.54, 1.807) is 17.8 Å². The van der Waals surface area contributed by atoms with Crippen LogP contribution in [0.3, 0.4) is 0 Å². The molecule has 0 amide bonds. The van der Waals surface area contributed by atoms with Gasteiger partial charge in [0.05, 0.1) is 5.69 Å². The van der Waals surface area contributed by atoms with Crippen molar-refractivity contribution in [1.82, 2.24) is 14.7 Å². The van der Waals surface area contributed by atoms with Crippen LogP contribution in [0.2, 0.25) is 0 Å². The van der Waals surface area contributed by atoms with Crippen LogP contribution < -0.4 is 5.56 Å². The second-order valence-electron chi connectivity index (χ2n) is 6.00. The molecule has 3 aromatic heterocycles. The first kappa shape index (κ1) is 14.5. The number of fused-ring (bicyclic) bond motifs is 1. The number of hydrogen-bond acceptors (Lipinski definition) is 3. The number of pyridine rings is 1. The molecule has 4 rings (SSSR count). The van der Waals surface area contributed by atoms with E-state index in [9.17, 15) is 4.79 Å². The van der Waals surface area contributed by atoms with Crippen LogP contribution in [0.25, 0.3) is 33.2 Å². The maximum absolute atomic E-state index is 12.6. The Bertz CT molecular complexity index is 1100. The predicted octanol–water partition coefficient (Wildman–Crippen LogP) is 3.81. The first-order valence-corrected chi connectivity index (χ1v) is 7.76. The smallest absolute Gasteiger partial charge is 0.258 e. The fraction of sp³-hybridized carbons (Fsp3) is 0.158. The quantitative estimate of drug-likeness (QED) is 0.611. The molecule has 4 aromatic rings. The Morgan fingerprint density at radius 1 is 1.17 bits per heavy atom. The van der Waals surface area contributed by atoms with Crippen molar-refractivity contribution in [3.63, 3.8) is 0 Å². The Kier molecular flexibility index (Phi) is 3.16. The van der Waals surface area contributed by atoms with E-state index in [0.29, 0.717) is 5.56 Å². The standard InChI is InChI=1S/C19H17N3O2/c1-11-18(12(2)24-21-11)13-9-16(14-6-7-20-17(14)10-13)15-5-4-8-22(3)19(15)23/h4-10,20H,1-3H3. The van der Waals surface area contributed by atoms with Crippen molar-refractivity contribution in [2.24, 2.45) is 7.05 Å². The van der Waals surface area contributed by atoms with E-state index in [2.05, 4.69) is 16.2 Å². The number of H-pyrrole nitrogens is 1. The SMILES string of the molecule is Cc1noc(C)c1-c1cc(-c2cccn(C)c2=O)c2cc[nH]c2c1. The normalized spacial score (nSPS) is 11.3. The zero-order valence-electron chi connectivity index (χ0n) is 13.8. The third-order valence-corrected chi connectivity index (χ3v) is 4.40. The van der Waals surface area contributed by atoms with Crippen LogP contribution in [0, 0.1) is 13.8 Å². The topological polar surface area (TPSA) is 63.8 Å². The fourth-order valence-corrected chi connectivity index (χ4v) is 3.23. The number of nitrogens with zero attached hydrogens (tertiary/aromatic N) is 2. The lowest BCUT2D eigenvalue weighted by Gasteiger charge is -2.09. The Balaban J connectivity index is 2.07. The molecule has 0 bridgehead atoms. The van der Waals surface area contributed by atoms with Gasteiger partial charge in [-0.05, 0) is 55.3 Å². The number of nitrogens with one attached hydrogen (secondary N) is 1. The molecule has 0 aliphatic heterocycles. The summed E-state index contributed by atoms with van der Waals surface area (Å²) in [6, 6.07) is 9.85. The summed E-state index contributed by atoms with van der Waals surface area (Å²) in [6.45, 7) is 3.82. The van der Waals surface area contributed by atoms with Crippen molar-refractivity contribution in [3.8, 4) is 22.3 Å². The number of aromatic nitrogens is 3. The summed E-state index contributed by atoms with van der Waals surface area (Å²) in [5.41, 5.74) is 5.35. The highest BCUT2D eigenvalue weighted by Gasteiger charge is 2.16. The number of benzene rings is 1. The van der Waals surface area contributed by atoms with Gasteiger partial charge in [0.2, 0.25) is 0 Å². The molecule has 120 valence electrons. The first-order chi connectivity index (χ1) is 11.6. The van der Waals surface area contributed by atoms with Crippen LogP contribution in [0.4, 0.5) is 0 Å². The monoisotopic (exact) mass is 319 g/mol. The fourth-order valence-electron chi connectivity index (χ4n) is 3.23. The van der Waals surface area contributed by atoms with Crippen LogP contribution >= 0.6 is 0 Å². The van der Waals surface area contributed by atoms with Crippen LogP contribution in [0.1, 0.15) is 11.5 Å². The van der Waals surface area contributed by atoms with E-state index in [4.69, 9.17) is 4.52 Å². The lowest BCUT2D eigenvalue weighted by molar-refractivity contribution is 0.393. The van der Waals surface area contributed by atoms with Gasteiger partial charge in [0.25, 0.3) is 5.56 Å². The molecule has 1 aromatic carbocycles. The van der Waals surface area contributed by atoms with Crippen LogP contribution in [-0.2, 0) is 7.05 Å². The zero-order chi connectivity index (χ0) is 16.8. The molecule has 0 spiro atoms. The van der Waals surface area contributed by atoms with Crippen LogP contribution in [0.5, 0.6) is 0 Å². The van der Waals surface area contributed by atoms with E-state index >= 15 is 0 Å². The van der Waals surface area contributed by atoms with Gasteiger partial charge < -0.3 is 14.1 Å². The summed E-state index contributed by atoms with van der Waals surface area (Å²) in [5, 5.41) is 5.07. The number of hydrogen-bond donors (Lipinski definition) is 1. The van der Waals surface area contributed by atoms with Gasteiger partial charge in [-0.25, -0.2) is 0 Å². The van der Waals surface area contributed by atoms with Crippen molar-refractivity contribution in [2.75, 3.05) is 0 Å². The zero-order valence-corrected chi connectivity index (χ0v) is 13.8. The number of aromatic amines is 1. The molecule has 0 radical (unpaired) electrons. The van der Waals surface area contributed by atoms with Gasteiger partial charge in [-0.2, -0.15) is 0 Å². The third kappa shape index (κ3) is 2.09. The minimum Gasteiger partial charge on any atom is -0.361 e. The van der Waals surface area contributed by atoms with Gasteiger partial charge in [-0.3, -0.25) is 4.79 Å². The number of rotatable bonds is 2. The summed E-state index contributed by atoms with van der Waals surface area (Å²) in [7, 11) is 1.76. The summed E-state index contributed by atoms with van der Waals surface area (Å²) in [4.78, 5) is 15.8. The molecule has 3 heterocycles. The van der Waals surface area contributed by atoms with E-state index in [1.807, 2.05) is 44.3 Å². The highest BCUT2D eigenvalue weighted by molar-refractivity contribution is 5.98. The molecule has 0 aliphatic carbocycles. The van der Waals surface area contributed by atoms with E-state index in [1.165, 1.54) is 0 Å². The summed E-state index contributed by atoms with van der Waals surface area (Å²) >= 11 is 0. The summed E-state index contributed by atoms with van der Waals surface area (Å²) in [5.74, 6) is 0.769.